The molecule has 4 unspecified atom stereocenters. The van der Waals surface area contributed by atoms with Gasteiger partial charge in [-0.15, -0.1) is 0 Å². The molecule has 4 aromatic rings. The maximum absolute atomic E-state index is 11.6. The highest BCUT2D eigenvalue weighted by atomic mass is 28.4. The van der Waals surface area contributed by atoms with Gasteiger partial charge in [0.25, 0.3) is 16.6 Å². The molecule has 2 saturated heterocycles. The van der Waals surface area contributed by atoms with Crippen molar-refractivity contribution in [1.29, 1.82) is 0 Å². The van der Waals surface area contributed by atoms with E-state index in [-0.39, 0.29) is 46.2 Å². The van der Waals surface area contributed by atoms with Crippen LogP contribution in [0, 0.1) is 23.7 Å². The fourth-order valence-electron chi connectivity index (χ4n) is 11.8. The molecular weight excluding hydrogens is 941 g/mol. The fraction of sp³-hybridized carbons (Fsp3) is 0.537. The van der Waals surface area contributed by atoms with E-state index in [1.165, 1.54) is 50.3 Å². The molecule has 404 valence electrons. The smallest absolute Gasteiger partial charge is 0.261 e. The largest absolute Gasteiger partial charge is 0.407 e. The Morgan fingerprint density at radius 1 is 0.541 bits per heavy atom. The van der Waals surface area contributed by atoms with Crippen molar-refractivity contribution >= 4 is 43.2 Å². The molecule has 5 nitrogen and oxygen atoms in total. The Labute approximate surface area is 453 Å². The summed E-state index contributed by atoms with van der Waals surface area (Å²) in [6.07, 6.45) is 13.3. The van der Waals surface area contributed by atoms with E-state index < -0.39 is 16.6 Å². The van der Waals surface area contributed by atoms with Crippen LogP contribution in [-0.2, 0) is 23.1 Å². The molecule has 2 fully saturated rings. The van der Waals surface area contributed by atoms with E-state index in [9.17, 15) is 4.79 Å². The van der Waals surface area contributed by atoms with Crippen LogP contribution >= 0.6 is 0 Å². The molecule has 0 radical (unpaired) electrons. The number of benzene rings is 4. The van der Waals surface area contributed by atoms with Gasteiger partial charge in [0.05, 0.1) is 24.4 Å². The van der Waals surface area contributed by atoms with E-state index >= 15 is 0 Å². The van der Waals surface area contributed by atoms with Crippen LogP contribution in [0.15, 0.2) is 158 Å². The van der Waals surface area contributed by atoms with Crippen LogP contribution in [0.4, 0.5) is 0 Å². The number of carbonyl (C=O) groups excluding carboxylic acids is 1. The van der Waals surface area contributed by atoms with Crippen molar-refractivity contribution in [2.45, 2.75) is 195 Å². The van der Waals surface area contributed by atoms with E-state index in [0.29, 0.717) is 17.8 Å². The van der Waals surface area contributed by atoms with E-state index in [1.54, 1.807) is 6.92 Å². The molecule has 0 saturated carbocycles. The summed E-state index contributed by atoms with van der Waals surface area (Å²) in [7, 11) is -4.95. The zero-order valence-electron chi connectivity index (χ0n) is 48.2. The van der Waals surface area contributed by atoms with Crippen molar-refractivity contribution in [1.82, 2.24) is 0 Å². The molecule has 6 rings (SSSR count). The topological polar surface area (TPSA) is 54.0 Å². The molecule has 7 heteroatoms. The summed E-state index contributed by atoms with van der Waals surface area (Å²) < 4.78 is 27.0. The third-order valence-corrected chi connectivity index (χ3v) is 26.4. The molecule has 0 amide bonds. The van der Waals surface area contributed by atoms with Gasteiger partial charge < -0.3 is 18.3 Å². The van der Waals surface area contributed by atoms with Crippen LogP contribution in [0.5, 0.6) is 0 Å². The Morgan fingerprint density at radius 3 is 1.14 bits per heavy atom. The summed E-state index contributed by atoms with van der Waals surface area (Å²) in [5.41, 5.74) is 3.79. The molecule has 8 atom stereocenters. The Kier molecular flexibility index (Phi) is 23.4. The highest BCUT2D eigenvalue weighted by Gasteiger charge is 2.51. The molecule has 2 aliphatic rings. The van der Waals surface area contributed by atoms with Gasteiger partial charge in [0.15, 0.2) is 0 Å². The van der Waals surface area contributed by atoms with Crippen LogP contribution < -0.4 is 20.7 Å². The van der Waals surface area contributed by atoms with Gasteiger partial charge in [0, 0.05) is 19.1 Å². The van der Waals surface area contributed by atoms with Gasteiger partial charge in [0.1, 0.15) is 5.78 Å². The number of rotatable bonds is 26. The van der Waals surface area contributed by atoms with E-state index in [2.05, 4.69) is 210 Å². The molecular formula is C67H98O5Si2. The van der Waals surface area contributed by atoms with Crippen LogP contribution in [0.25, 0.3) is 0 Å². The first-order chi connectivity index (χ1) is 35.1. The average molecular weight is 1040 g/mol. The molecule has 0 N–H and O–H groups in total. The second-order valence-corrected chi connectivity index (χ2v) is 33.2. The zero-order valence-corrected chi connectivity index (χ0v) is 50.2. The lowest BCUT2D eigenvalue weighted by molar-refractivity contribution is -0.120. The number of allylic oxidation sites excluding steroid dienone is 1. The van der Waals surface area contributed by atoms with Gasteiger partial charge in [-0.3, -0.25) is 4.79 Å². The van der Waals surface area contributed by atoms with Crippen molar-refractivity contribution in [3.63, 3.8) is 0 Å². The molecule has 0 aliphatic carbocycles. The van der Waals surface area contributed by atoms with Gasteiger partial charge in [-0.25, -0.2) is 0 Å². The number of ether oxygens (including phenoxy) is 2. The summed E-state index contributed by atoms with van der Waals surface area (Å²) in [6, 6.07) is 43.5. The van der Waals surface area contributed by atoms with Crippen LogP contribution in [-0.4, -0.2) is 60.0 Å². The second kappa shape index (κ2) is 28.4. The molecule has 4 aromatic carbocycles. The summed E-state index contributed by atoms with van der Waals surface area (Å²) in [5.74, 6) is 2.22. The van der Waals surface area contributed by atoms with E-state index in [4.69, 9.17) is 18.3 Å². The molecule has 2 aliphatic heterocycles. The predicted octanol–water partition coefficient (Wildman–Crippen LogP) is 15.2. The van der Waals surface area contributed by atoms with E-state index in [0.717, 1.165) is 77.4 Å². The third-order valence-electron chi connectivity index (χ3n) is 16.3. The average Bonchev–Trinajstić information content (AvgIpc) is 3.92. The molecule has 74 heavy (non-hydrogen) atoms. The fourth-order valence-corrected chi connectivity index (χ4v) is 21.0. The van der Waals surface area contributed by atoms with E-state index in [1.807, 2.05) is 6.92 Å². The number of hydrogen-bond acceptors (Lipinski definition) is 5. The zero-order chi connectivity index (χ0) is 54.1. The standard InChI is InChI=1S/C34H50O2Si.C33H48O3Si/c1-26(2)28(4)24-27(3)21-22-33-29(5)25-30(36-33)16-15-23-35-37(34(6,7)8,31-17-11-9-12-18-31)32-19-13-10-14-20-32;1-25(23-26(2)28(4)34)20-21-32-27(3)24-29(36-32)15-14-22-35-37(33(5,6)7,30-16-10-8-11-17-30)31-18-12-9-13-19-31/h9-14,17-20,27-28,30,33H,1,5,15-16,21-25H2,2-4,6-8H3;8-13,16-19,25-26,29,32H,3,14-15,20-24H2,1-2,4-7H3/t27-,28?,30+,33?;25-,26?,29+,32?/m11/s1. The quantitative estimate of drug-likeness (QED) is 0.0356. The minimum absolute atomic E-state index is 0.00444. The summed E-state index contributed by atoms with van der Waals surface area (Å²) in [4.78, 5) is 11.6. The first kappa shape index (κ1) is 60.9. The van der Waals surface area contributed by atoms with Crippen molar-refractivity contribution in [3.05, 3.63) is 158 Å². The van der Waals surface area contributed by atoms with Crippen molar-refractivity contribution in [2.24, 2.45) is 23.7 Å². The lowest BCUT2D eigenvalue weighted by Gasteiger charge is -2.43. The first-order valence-electron chi connectivity index (χ1n) is 28.4. The Bertz CT molecular complexity index is 2070. The maximum atomic E-state index is 11.6. The predicted molar refractivity (Wildman–Crippen MR) is 320 cm³/mol. The lowest BCUT2D eigenvalue weighted by Crippen LogP contribution is -2.66. The van der Waals surface area contributed by atoms with Crippen molar-refractivity contribution < 1.29 is 23.1 Å². The number of carbonyl (C=O) groups is 1. The third kappa shape index (κ3) is 16.5. The Hall–Kier alpha value is -3.96. The molecule has 0 aromatic heterocycles. The van der Waals surface area contributed by atoms with Crippen molar-refractivity contribution in [3.8, 4) is 0 Å². The summed E-state index contributed by atoms with van der Waals surface area (Å²) in [6.45, 7) is 41.1. The Morgan fingerprint density at radius 2 is 0.851 bits per heavy atom. The Balaban J connectivity index is 0.000000274. The molecule has 2 heterocycles. The van der Waals surface area contributed by atoms with Gasteiger partial charge in [0.2, 0.25) is 0 Å². The minimum atomic E-state index is -2.48. The van der Waals surface area contributed by atoms with Gasteiger partial charge in [-0.2, -0.15) is 0 Å². The summed E-state index contributed by atoms with van der Waals surface area (Å²) in [5, 5.41) is 5.34. The molecule has 0 spiro atoms. The van der Waals surface area contributed by atoms with Crippen LogP contribution in [0.1, 0.15) is 160 Å². The highest BCUT2D eigenvalue weighted by molar-refractivity contribution is 7.00. The highest BCUT2D eigenvalue weighted by Crippen LogP contribution is 2.39. The van der Waals surface area contributed by atoms with Gasteiger partial charge in [-0.05, 0) is 151 Å². The molecule has 0 bridgehead atoms. The minimum Gasteiger partial charge on any atom is -0.407 e. The SMILES string of the molecule is C=C(C)C(C)C[C@H](C)CCC1O[C@@H](CCCO[Si](c2ccccc2)(c2ccccc2)C(C)(C)C)CC1=C.C=C1C[C@H](CCCO[Si](c2ccccc2)(c2ccccc2)C(C)(C)C)OC1CC[C@@H](C)CC(C)C(C)=O. The van der Waals surface area contributed by atoms with Gasteiger partial charge in [-0.1, -0.05) is 216 Å². The second-order valence-electron chi connectivity index (χ2n) is 24.6. The maximum Gasteiger partial charge on any atom is 0.261 e. The first-order valence-corrected chi connectivity index (χ1v) is 32.2. The normalized spacial score (nSPS) is 20.1. The summed E-state index contributed by atoms with van der Waals surface area (Å²) >= 11 is 0. The van der Waals surface area contributed by atoms with Crippen LogP contribution in [0.2, 0.25) is 10.1 Å². The monoisotopic (exact) mass is 1040 g/mol. The number of ketones is 1. The van der Waals surface area contributed by atoms with Crippen LogP contribution in [0.3, 0.4) is 0 Å². The van der Waals surface area contributed by atoms with Gasteiger partial charge >= 0.3 is 0 Å². The lowest BCUT2D eigenvalue weighted by atomic mass is 9.88. The number of Topliss-reactive ketones (excluding diaryl/α,β-unsaturated/α-hetero) is 1. The van der Waals surface area contributed by atoms with Crippen molar-refractivity contribution in [2.75, 3.05) is 13.2 Å². The number of hydrogen-bond donors (Lipinski definition) is 0.